The maximum absolute atomic E-state index is 12.3. The Hall–Kier alpha value is -1.24. The lowest BCUT2D eigenvalue weighted by Gasteiger charge is -2.13. The minimum absolute atomic E-state index is 0.139. The van der Waals surface area contributed by atoms with Crippen molar-refractivity contribution in [3.05, 3.63) is 34.6 Å². The molecule has 116 valence electrons. The van der Waals surface area contributed by atoms with Gasteiger partial charge in [0.15, 0.2) is 5.16 Å². The molecule has 0 spiro atoms. The summed E-state index contributed by atoms with van der Waals surface area (Å²) >= 11 is 13.3. The van der Waals surface area contributed by atoms with E-state index in [1.54, 1.807) is 24.5 Å². The first-order chi connectivity index (χ1) is 10.5. The number of nitrogens with zero attached hydrogens (tertiary/aromatic N) is 3. The summed E-state index contributed by atoms with van der Waals surface area (Å²) in [7, 11) is 0. The minimum atomic E-state index is -0.312. The quantitative estimate of drug-likeness (QED) is 0.821. The third kappa shape index (κ3) is 3.56. The molecule has 1 aliphatic carbocycles. The molecule has 1 N–H and O–H groups in total. The van der Waals surface area contributed by atoms with Crippen molar-refractivity contribution in [1.29, 1.82) is 0 Å². The first-order valence-electron chi connectivity index (χ1n) is 6.86. The van der Waals surface area contributed by atoms with Gasteiger partial charge in [0, 0.05) is 11.1 Å². The molecule has 1 atom stereocenters. The van der Waals surface area contributed by atoms with Gasteiger partial charge in [-0.3, -0.25) is 4.79 Å². The van der Waals surface area contributed by atoms with E-state index in [0.717, 1.165) is 18.0 Å². The highest BCUT2D eigenvalue weighted by Gasteiger charge is 2.28. The molecule has 1 saturated carbocycles. The Kier molecular flexibility index (Phi) is 4.61. The predicted octanol–water partition coefficient (Wildman–Crippen LogP) is 4.04. The van der Waals surface area contributed by atoms with Gasteiger partial charge in [-0.1, -0.05) is 35.0 Å². The number of hydrogen-bond acceptors (Lipinski definition) is 4. The molecule has 3 rings (SSSR count). The molecular weight excluding hydrogens is 343 g/mol. The van der Waals surface area contributed by atoms with Gasteiger partial charge in [0.2, 0.25) is 5.91 Å². The number of thioether (sulfide) groups is 1. The topological polar surface area (TPSA) is 59.8 Å². The van der Waals surface area contributed by atoms with Gasteiger partial charge in [0.1, 0.15) is 6.33 Å². The van der Waals surface area contributed by atoms with Crippen molar-refractivity contribution in [2.24, 2.45) is 0 Å². The molecular formula is C14H14Cl2N4OS. The van der Waals surface area contributed by atoms with Gasteiger partial charge >= 0.3 is 0 Å². The van der Waals surface area contributed by atoms with Crippen molar-refractivity contribution in [1.82, 2.24) is 14.8 Å². The summed E-state index contributed by atoms with van der Waals surface area (Å²) in [6, 6.07) is 5.45. The van der Waals surface area contributed by atoms with E-state index in [9.17, 15) is 4.79 Å². The Balaban J connectivity index is 1.65. The largest absolute Gasteiger partial charge is 0.324 e. The molecule has 0 bridgehead atoms. The van der Waals surface area contributed by atoms with E-state index in [-0.39, 0.29) is 11.2 Å². The Morgan fingerprint density at radius 3 is 2.91 bits per heavy atom. The molecule has 5 nitrogen and oxygen atoms in total. The molecule has 1 aromatic carbocycles. The van der Waals surface area contributed by atoms with Gasteiger partial charge in [0.25, 0.3) is 0 Å². The van der Waals surface area contributed by atoms with Crippen molar-refractivity contribution >= 4 is 46.6 Å². The Bertz CT molecular complexity index is 702. The molecule has 1 unspecified atom stereocenters. The molecule has 0 saturated heterocycles. The fourth-order valence-corrected chi connectivity index (χ4v) is 3.31. The highest BCUT2D eigenvalue weighted by atomic mass is 35.5. The summed E-state index contributed by atoms with van der Waals surface area (Å²) in [5.41, 5.74) is 0.548. The zero-order valence-corrected chi connectivity index (χ0v) is 14.1. The Morgan fingerprint density at radius 1 is 1.45 bits per heavy atom. The van der Waals surface area contributed by atoms with Gasteiger partial charge in [-0.2, -0.15) is 0 Å². The van der Waals surface area contributed by atoms with Crippen molar-refractivity contribution in [2.45, 2.75) is 36.2 Å². The summed E-state index contributed by atoms with van der Waals surface area (Å²) in [5.74, 6) is -0.139. The lowest BCUT2D eigenvalue weighted by molar-refractivity contribution is -0.115. The number of anilines is 1. The molecule has 22 heavy (non-hydrogen) atoms. The van der Waals surface area contributed by atoms with Crippen LogP contribution in [0, 0.1) is 0 Å². The summed E-state index contributed by atoms with van der Waals surface area (Å²) < 4.78 is 2.03. The Labute approximate surface area is 142 Å². The van der Waals surface area contributed by atoms with Crippen LogP contribution < -0.4 is 5.32 Å². The van der Waals surface area contributed by atoms with E-state index in [0.29, 0.717) is 21.8 Å². The van der Waals surface area contributed by atoms with Crippen molar-refractivity contribution in [3.8, 4) is 0 Å². The van der Waals surface area contributed by atoms with Crippen LogP contribution in [0.15, 0.2) is 29.7 Å². The van der Waals surface area contributed by atoms with Crippen LogP contribution in [-0.4, -0.2) is 25.9 Å². The lowest BCUT2D eigenvalue weighted by Crippen LogP contribution is -2.23. The van der Waals surface area contributed by atoms with Crippen molar-refractivity contribution in [2.75, 3.05) is 5.32 Å². The van der Waals surface area contributed by atoms with E-state index in [1.165, 1.54) is 11.8 Å². The van der Waals surface area contributed by atoms with Crippen LogP contribution in [0.25, 0.3) is 0 Å². The average molecular weight is 357 g/mol. The summed E-state index contributed by atoms with van der Waals surface area (Å²) in [5, 5.41) is 12.2. The number of carbonyl (C=O) groups is 1. The first-order valence-corrected chi connectivity index (χ1v) is 8.50. The molecule has 1 fully saturated rings. The second-order valence-electron chi connectivity index (χ2n) is 5.13. The van der Waals surface area contributed by atoms with Gasteiger partial charge in [-0.15, -0.1) is 10.2 Å². The van der Waals surface area contributed by atoms with Gasteiger partial charge in [-0.25, -0.2) is 0 Å². The van der Waals surface area contributed by atoms with Gasteiger partial charge in [-0.05, 0) is 38.0 Å². The van der Waals surface area contributed by atoms with Crippen molar-refractivity contribution in [3.63, 3.8) is 0 Å². The number of nitrogens with one attached hydrogen (secondary N) is 1. The fraction of sp³-hybridized carbons (Fsp3) is 0.357. The number of benzene rings is 1. The molecule has 0 aliphatic heterocycles. The molecule has 1 amide bonds. The smallest absolute Gasteiger partial charge is 0.237 e. The third-order valence-electron chi connectivity index (χ3n) is 3.32. The van der Waals surface area contributed by atoms with Crippen LogP contribution in [0.2, 0.25) is 10.0 Å². The standard InChI is InChI=1S/C14H14Cl2N4OS/c1-8(22-14-19-17-7-20(14)10-3-4-10)13(21)18-12-5-2-9(15)6-11(12)16/h2,5-8,10H,3-4H2,1H3,(H,18,21). The minimum Gasteiger partial charge on any atom is -0.324 e. The van der Waals surface area contributed by atoms with E-state index >= 15 is 0 Å². The van der Waals surface area contributed by atoms with E-state index in [4.69, 9.17) is 23.2 Å². The van der Waals surface area contributed by atoms with Crippen LogP contribution in [0.3, 0.4) is 0 Å². The van der Waals surface area contributed by atoms with Crippen LogP contribution >= 0.6 is 35.0 Å². The highest BCUT2D eigenvalue weighted by molar-refractivity contribution is 8.00. The van der Waals surface area contributed by atoms with Crippen LogP contribution in [-0.2, 0) is 4.79 Å². The van der Waals surface area contributed by atoms with Gasteiger partial charge in [0.05, 0.1) is 16.0 Å². The lowest BCUT2D eigenvalue weighted by atomic mass is 10.3. The molecule has 2 aromatic rings. The molecule has 8 heteroatoms. The zero-order chi connectivity index (χ0) is 15.7. The zero-order valence-electron chi connectivity index (χ0n) is 11.8. The molecule has 1 heterocycles. The number of carbonyl (C=O) groups excluding carboxylic acids is 1. The van der Waals surface area contributed by atoms with E-state index < -0.39 is 0 Å². The summed E-state index contributed by atoms with van der Waals surface area (Å²) in [6.07, 6.45) is 4.01. The van der Waals surface area contributed by atoms with Crippen LogP contribution in [0.4, 0.5) is 5.69 Å². The Morgan fingerprint density at radius 2 is 2.23 bits per heavy atom. The second kappa shape index (κ2) is 6.48. The summed E-state index contributed by atoms with van der Waals surface area (Å²) in [4.78, 5) is 12.3. The number of aromatic nitrogens is 3. The van der Waals surface area contributed by atoms with Crippen LogP contribution in [0.5, 0.6) is 0 Å². The fourth-order valence-electron chi connectivity index (χ4n) is 1.96. The maximum atomic E-state index is 12.3. The third-order valence-corrected chi connectivity index (χ3v) is 4.94. The normalized spacial score (nSPS) is 15.6. The number of hydrogen-bond donors (Lipinski definition) is 1. The first kappa shape index (κ1) is 15.6. The number of rotatable bonds is 5. The molecule has 1 aromatic heterocycles. The second-order valence-corrected chi connectivity index (χ2v) is 7.28. The predicted molar refractivity (Wildman–Crippen MR) is 88.7 cm³/mol. The van der Waals surface area contributed by atoms with E-state index in [1.807, 2.05) is 11.5 Å². The molecule has 1 aliphatic rings. The van der Waals surface area contributed by atoms with Crippen LogP contribution in [0.1, 0.15) is 25.8 Å². The monoisotopic (exact) mass is 356 g/mol. The average Bonchev–Trinajstić information content (AvgIpc) is 3.22. The SMILES string of the molecule is CC(Sc1nncn1C1CC1)C(=O)Nc1ccc(Cl)cc1Cl. The number of amides is 1. The molecule has 0 radical (unpaired) electrons. The van der Waals surface area contributed by atoms with Crippen molar-refractivity contribution < 1.29 is 4.79 Å². The maximum Gasteiger partial charge on any atom is 0.237 e. The number of halogens is 2. The van der Waals surface area contributed by atoms with E-state index in [2.05, 4.69) is 15.5 Å². The van der Waals surface area contributed by atoms with Gasteiger partial charge < -0.3 is 9.88 Å². The highest BCUT2D eigenvalue weighted by Crippen LogP contribution is 2.38. The summed E-state index contributed by atoms with van der Waals surface area (Å²) in [6.45, 7) is 1.83.